The summed E-state index contributed by atoms with van der Waals surface area (Å²) in [6.07, 6.45) is 4.66. The number of nitrogens with one attached hydrogen (secondary N) is 1. The molecule has 1 N–H and O–H groups in total. The van der Waals surface area contributed by atoms with Gasteiger partial charge < -0.3 is 4.74 Å². The second kappa shape index (κ2) is 3.71. The van der Waals surface area contributed by atoms with Gasteiger partial charge in [-0.25, -0.2) is 0 Å². The molecule has 0 atom stereocenters. The van der Waals surface area contributed by atoms with Crippen molar-refractivity contribution in [1.29, 1.82) is 0 Å². The average molecular weight is 239 g/mol. The third-order valence-electron chi connectivity index (χ3n) is 4.13. The van der Waals surface area contributed by atoms with Gasteiger partial charge in [-0.15, -0.1) is 0 Å². The van der Waals surface area contributed by atoms with Gasteiger partial charge in [0, 0.05) is 6.54 Å². The van der Waals surface area contributed by atoms with Crippen LogP contribution in [0.25, 0.3) is 0 Å². The van der Waals surface area contributed by atoms with Crippen molar-refractivity contribution in [3.05, 3.63) is 0 Å². The summed E-state index contributed by atoms with van der Waals surface area (Å²) in [6, 6.07) is 0. The molecule has 1 heterocycles. The Balaban J connectivity index is 2.24. The van der Waals surface area contributed by atoms with Crippen LogP contribution in [-0.4, -0.2) is 17.9 Å². The Morgan fingerprint density at radius 1 is 0.824 bits per heavy atom. The molecule has 2 nitrogen and oxygen atoms in total. The van der Waals surface area contributed by atoms with Crippen molar-refractivity contribution in [2.24, 2.45) is 10.8 Å². The van der Waals surface area contributed by atoms with Crippen LogP contribution < -0.4 is 5.32 Å². The highest BCUT2D eigenvalue weighted by molar-refractivity contribution is 5.00. The summed E-state index contributed by atoms with van der Waals surface area (Å²) in [5.74, 6) is 0. The molecule has 0 aromatic heterocycles. The van der Waals surface area contributed by atoms with Crippen LogP contribution in [0.5, 0.6) is 0 Å². The molecule has 17 heavy (non-hydrogen) atoms. The van der Waals surface area contributed by atoms with Crippen LogP contribution in [0.15, 0.2) is 0 Å². The van der Waals surface area contributed by atoms with E-state index < -0.39 is 0 Å². The van der Waals surface area contributed by atoms with Crippen LogP contribution in [0.4, 0.5) is 0 Å². The van der Waals surface area contributed by atoms with Crippen LogP contribution in [-0.2, 0) is 4.74 Å². The van der Waals surface area contributed by atoms with E-state index in [1.807, 2.05) is 0 Å². The van der Waals surface area contributed by atoms with Crippen LogP contribution >= 0.6 is 0 Å². The number of rotatable bonds is 0. The van der Waals surface area contributed by atoms with Crippen LogP contribution in [0.2, 0.25) is 0 Å². The van der Waals surface area contributed by atoms with Gasteiger partial charge in [0.05, 0.1) is 5.60 Å². The van der Waals surface area contributed by atoms with Crippen LogP contribution in [0.1, 0.15) is 67.2 Å². The molecule has 2 aliphatic rings. The summed E-state index contributed by atoms with van der Waals surface area (Å²) < 4.78 is 6.46. The zero-order chi connectivity index (χ0) is 12.9. The molecule has 1 spiro atoms. The molecule has 0 radical (unpaired) electrons. The maximum atomic E-state index is 6.46. The molecule has 1 saturated carbocycles. The minimum Gasteiger partial charge on any atom is -0.355 e. The fraction of sp³-hybridized carbons (Fsp3) is 1.00. The molecular weight excluding hydrogens is 210 g/mol. The first-order valence-electron chi connectivity index (χ1n) is 6.99. The molecule has 2 heteroatoms. The fourth-order valence-corrected chi connectivity index (χ4v) is 4.43. The van der Waals surface area contributed by atoms with E-state index in [1.54, 1.807) is 0 Å². The summed E-state index contributed by atoms with van der Waals surface area (Å²) in [5, 5.41) is 3.68. The molecular formula is C15H29NO. The predicted molar refractivity (Wildman–Crippen MR) is 71.9 cm³/mol. The summed E-state index contributed by atoms with van der Waals surface area (Å²) in [6.45, 7) is 15.0. The Morgan fingerprint density at radius 3 is 1.82 bits per heavy atom. The highest BCUT2D eigenvalue weighted by Gasteiger charge is 2.51. The van der Waals surface area contributed by atoms with Crippen molar-refractivity contribution in [2.45, 2.75) is 78.6 Å². The first-order valence-corrected chi connectivity index (χ1v) is 6.99. The van der Waals surface area contributed by atoms with Crippen molar-refractivity contribution in [3.63, 3.8) is 0 Å². The molecule has 0 aromatic carbocycles. The zero-order valence-electron chi connectivity index (χ0n) is 12.4. The average Bonchev–Trinajstić information content (AvgIpc) is 1.91. The van der Waals surface area contributed by atoms with E-state index >= 15 is 0 Å². The minimum atomic E-state index is -0.0903. The van der Waals surface area contributed by atoms with E-state index in [-0.39, 0.29) is 11.3 Å². The Labute approximate surface area is 107 Å². The fourth-order valence-electron chi connectivity index (χ4n) is 4.43. The zero-order valence-corrected chi connectivity index (χ0v) is 12.4. The third kappa shape index (κ3) is 3.03. The van der Waals surface area contributed by atoms with Crippen molar-refractivity contribution in [3.8, 4) is 0 Å². The molecule has 1 saturated heterocycles. The van der Waals surface area contributed by atoms with E-state index in [4.69, 9.17) is 4.74 Å². The molecule has 0 bridgehead atoms. The van der Waals surface area contributed by atoms with E-state index in [0.717, 1.165) is 25.8 Å². The Morgan fingerprint density at radius 2 is 1.35 bits per heavy atom. The monoisotopic (exact) mass is 239 g/mol. The highest BCUT2D eigenvalue weighted by atomic mass is 16.5. The van der Waals surface area contributed by atoms with Gasteiger partial charge in [-0.3, -0.25) is 5.32 Å². The maximum absolute atomic E-state index is 6.46. The molecule has 0 amide bonds. The smallest absolute Gasteiger partial charge is 0.120 e. The van der Waals surface area contributed by atoms with Crippen LogP contribution in [0.3, 0.4) is 0 Å². The molecule has 100 valence electrons. The van der Waals surface area contributed by atoms with Crippen molar-refractivity contribution >= 4 is 0 Å². The number of ether oxygens (including phenoxy) is 1. The summed E-state index contributed by atoms with van der Waals surface area (Å²) >= 11 is 0. The van der Waals surface area contributed by atoms with Gasteiger partial charge in [0.2, 0.25) is 0 Å². The molecule has 0 aromatic rings. The van der Waals surface area contributed by atoms with Gasteiger partial charge in [-0.2, -0.15) is 0 Å². The second-order valence-corrected chi connectivity index (χ2v) is 8.39. The first-order chi connectivity index (χ1) is 7.54. The van der Waals surface area contributed by atoms with Crippen LogP contribution in [0, 0.1) is 10.8 Å². The van der Waals surface area contributed by atoms with Gasteiger partial charge >= 0.3 is 0 Å². The Kier molecular flexibility index (Phi) is 2.91. The van der Waals surface area contributed by atoms with E-state index in [0.29, 0.717) is 10.8 Å². The maximum Gasteiger partial charge on any atom is 0.120 e. The number of hydrogen-bond acceptors (Lipinski definition) is 2. The van der Waals surface area contributed by atoms with Crippen molar-refractivity contribution in [2.75, 3.05) is 6.54 Å². The lowest BCUT2D eigenvalue weighted by molar-refractivity contribution is -0.229. The molecule has 2 rings (SSSR count). The number of hydrogen-bond donors (Lipinski definition) is 1. The summed E-state index contributed by atoms with van der Waals surface area (Å²) in [4.78, 5) is 0. The largest absolute Gasteiger partial charge is 0.355 e. The quantitative estimate of drug-likeness (QED) is 0.696. The Hall–Kier alpha value is -0.0800. The van der Waals surface area contributed by atoms with Gasteiger partial charge in [0.25, 0.3) is 0 Å². The predicted octanol–water partition coefficient (Wildman–Crippen LogP) is 3.71. The Bertz CT molecular complexity index is 283. The minimum absolute atomic E-state index is 0.0226. The molecule has 1 aliphatic carbocycles. The van der Waals surface area contributed by atoms with Gasteiger partial charge in [-0.05, 0) is 50.4 Å². The lowest BCUT2D eigenvalue weighted by Gasteiger charge is -2.56. The topological polar surface area (TPSA) is 21.3 Å². The lowest BCUT2D eigenvalue weighted by atomic mass is 9.61. The molecule has 1 aliphatic heterocycles. The van der Waals surface area contributed by atoms with Gasteiger partial charge in [-0.1, -0.05) is 27.7 Å². The van der Waals surface area contributed by atoms with Crippen molar-refractivity contribution < 1.29 is 4.74 Å². The lowest BCUT2D eigenvalue weighted by Crippen LogP contribution is -2.63. The first kappa shape index (κ1) is 13.4. The summed E-state index contributed by atoms with van der Waals surface area (Å²) in [5.41, 5.74) is 0.659. The normalized spacial score (nSPS) is 33.5. The standard InChI is InChI=1S/C15H29NO/c1-12(2)9-13(3,4)11-15(10-12)16-8-7-14(5,6)17-15/h16H,7-11H2,1-6H3. The van der Waals surface area contributed by atoms with E-state index in [1.165, 1.54) is 6.42 Å². The summed E-state index contributed by atoms with van der Waals surface area (Å²) in [7, 11) is 0. The third-order valence-corrected chi connectivity index (χ3v) is 4.13. The molecule has 2 fully saturated rings. The van der Waals surface area contributed by atoms with Gasteiger partial charge in [0.15, 0.2) is 0 Å². The molecule has 0 unspecified atom stereocenters. The second-order valence-electron chi connectivity index (χ2n) is 8.39. The van der Waals surface area contributed by atoms with E-state index in [9.17, 15) is 0 Å². The highest BCUT2D eigenvalue weighted by Crippen LogP contribution is 2.52. The van der Waals surface area contributed by atoms with E-state index in [2.05, 4.69) is 46.9 Å². The SMILES string of the molecule is CC1(C)CC(C)(C)CC2(C1)NCCC(C)(C)O2. The van der Waals surface area contributed by atoms with Gasteiger partial charge in [0.1, 0.15) is 5.72 Å². The van der Waals surface area contributed by atoms with Crippen molar-refractivity contribution in [1.82, 2.24) is 5.32 Å².